The topological polar surface area (TPSA) is 61.2 Å². The Hall–Kier alpha value is -1.53. The van der Waals surface area contributed by atoms with Crippen molar-refractivity contribution in [3.63, 3.8) is 0 Å². The van der Waals surface area contributed by atoms with E-state index in [2.05, 4.69) is 9.55 Å². The van der Waals surface area contributed by atoms with Crippen LogP contribution in [0.3, 0.4) is 0 Å². The maximum Gasteiger partial charge on any atom is 0.261 e. The summed E-state index contributed by atoms with van der Waals surface area (Å²) in [6, 6.07) is 6.59. The van der Waals surface area contributed by atoms with Gasteiger partial charge in [-0.15, -0.1) is 0 Å². The quantitative estimate of drug-likeness (QED) is 0.796. The SMILES string of the molecule is O=S(=O)(Cl)c1ccc(OCc2cncn2C2CC2)cc1. The summed E-state index contributed by atoms with van der Waals surface area (Å²) in [4.78, 5) is 4.19. The summed E-state index contributed by atoms with van der Waals surface area (Å²) in [6.45, 7) is 0.406. The average Bonchev–Trinajstić information content (AvgIpc) is 3.15. The van der Waals surface area contributed by atoms with Crippen molar-refractivity contribution >= 4 is 19.7 Å². The lowest BCUT2D eigenvalue weighted by Crippen LogP contribution is -2.03. The molecule has 3 rings (SSSR count). The Bertz CT molecular complexity index is 705. The van der Waals surface area contributed by atoms with Crippen LogP contribution in [0.25, 0.3) is 0 Å². The van der Waals surface area contributed by atoms with Crippen LogP contribution < -0.4 is 4.74 Å². The van der Waals surface area contributed by atoms with Gasteiger partial charge in [0.25, 0.3) is 9.05 Å². The van der Waals surface area contributed by atoms with Gasteiger partial charge in [0.1, 0.15) is 12.4 Å². The molecule has 0 bridgehead atoms. The molecule has 5 nitrogen and oxygen atoms in total. The second kappa shape index (κ2) is 5.10. The van der Waals surface area contributed by atoms with E-state index in [9.17, 15) is 8.42 Å². The normalized spacial score (nSPS) is 15.2. The first-order valence-corrected chi connectivity index (χ1v) is 8.53. The largest absolute Gasteiger partial charge is 0.487 e. The molecule has 7 heteroatoms. The van der Waals surface area contributed by atoms with E-state index < -0.39 is 9.05 Å². The Kier molecular flexibility index (Phi) is 3.43. The Morgan fingerprint density at radius 3 is 2.60 bits per heavy atom. The van der Waals surface area contributed by atoms with Crippen molar-refractivity contribution in [2.24, 2.45) is 0 Å². The Morgan fingerprint density at radius 2 is 2.00 bits per heavy atom. The van der Waals surface area contributed by atoms with E-state index in [-0.39, 0.29) is 4.90 Å². The highest BCUT2D eigenvalue weighted by Gasteiger charge is 2.25. The molecule has 20 heavy (non-hydrogen) atoms. The first-order valence-electron chi connectivity index (χ1n) is 6.22. The lowest BCUT2D eigenvalue weighted by atomic mass is 10.3. The Balaban J connectivity index is 1.67. The summed E-state index contributed by atoms with van der Waals surface area (Å²) in [5.41, 5.74) is 1.02. The van der Waals surface area contributed by atoms with Crippen LogP contribution in [-0.4, -0.2) is 18.0 Å². The van der Waals surface area contributed by atoms with Crippen LogP contribution in [-0.2, 0) is 15.7 Å². The van der Waals surface area contributed by atoms with Crippen molar-refractivity contribution in [3.8, 4) is 5.75 Å². The van der Waals surface area contributed by atoms with Crippen LogP contribution in [0.15, 0.2) is 41.7 Å². The lowest BCUT2D eigenvalue weighted by molar-refractivity contribution is 0.294. The minimum atomic E-state index is -3.68. The minimum Gasteiger partial charge on any atom is -0.487 e. The number of rotatable bonds is 5. The van der Waals surface area contributed by atoms with Crippen LogP contribution >= 0.6 is 10.7 Å². The maximum atomic E-state index is 11.1. The van der Waals surface area contributed by atoms with Gasteiger partial charge in [0.05, 0.1) is 23.1 Å². The molecule has 0 saturated heterocycles. The van der Waals surface area contributed by atoms with Crippen molar-refractivity contribution in [2.75, 3.05) is 0 Å². The molecule has 1 heterocycles. The van der Waals surface area contributed by atoms with Gasteiger partial charge in [0.2, 0.25) is 0 Å². The summed E-state index contributed by atoms with van der Waals surface area (Å²) < 4.78 is 30.0. The summed E-state index contributed by atoms with van der Waals surface area (Å²) in [6.07, 6.45) is 5.98. The predicted molar refractivity (Wildman–Crippen MR) is 74.3 cm³/mol. The Labute approximate surface area is 121 Å². The number of halogens is 1. The number of hydrogen-bond acceptors (Lipinski definition) is 4. The van der Waals surface area contributed by atoms with Crippen molar-refractivity contribution in [3.05, 3.63) is 42.5 Å². The molecule has 0 spiro atoms. The third-order valence-electron chi connectivity index (χ3n) is 3.18. The van der Waals surface area contributed by atoms with Gasteiger partial charge in [0, 0.05) is 16.7 Å². The van der Waals surface area contributed by atoms with E-state index in [1.165, 1.54) is 25.0 Å². The number of aromatic nitrogens is 2. The van der Waals surface area contributed by atoms with Crippen LogP contribution in [0.5, 0.6) is 5.75 Å². The first kappa shape index (κ1) is 13.5. The molecule has 0 amide bonds. The van der Waals surface area contributed by atoms with E-state index in [1.807, 2.05) is 6.33 Å². The van der Waals surface area contributed by atoms with Crippen LogP contribution in [0.1, 0.15) is 24.6 Å². The molecule has 1 aromatic carbocycles. The Morgan fingerprint density at radius 1 is 1.30 bits per heavy atom. The van der Waals surface area contributed by atoms with E-state index in [0.717, 1.165) is 5.69 Å². The van der Waals surface area contributed by atoms with Gasteiger partial charge in [-0.25, -0.2) is 13.4 Å². The molecule has 1 aromatic heterocycles. The lowest BCUT2D eigenvalue weighted by Gasteiger charge is -2.09. The zero-order chi connectivity index (χ0) is 14.2. The molecule has 0 radical (unpaired) electrons. The second-order valence-corrected chi connectivity index (χ2v) is 7.29. The summed E-state index contributed by atoms with van der Waals surface area (Å²) in [5, 5.41) is 0. The molecule has 1 fully saturated rings. The molecule has 1 aliphatic carbocycles. The molecule has 0 atom stereocenters. The van der Waals surface area contributed by atoms with Crippen molar-refractivity contribution in [1.29, 1.82) is 0 Å². The van der Waals surface area contributed by atoms with Gasteiger partial charge in [-0.1, -0.05) is 0 Å². The number of nitrogens with zero attached hydrogens (tertiary/aromatic N) is 2. The second-order valence-electron chi connectivity index (χ2n) is 4.72. The van der Waals surface area contributed by atoms with E-state index in [1.54, 1.807) is 18.3 Å². The fourth-order valence-electron chi connectivity index (χ4n) is 1.98. The highest BCUT2D eigenvalue weighted by atomic mass is 35.7. The van der Waals surface area contributed by atoms with Gasteiger partial charge < -0.3 is 9.30 Å². The van der Waals surface area contributed by atoms with Crippen LogP contribution in [0.4, 0.5) is 0 Å². The molecule has 1 aliphatic rings. The standard InChI is InChI=1S/C13H13ClN2O3S/c14-20(17,18)13-5-3-12(4-6-13)19-8-11-7-15-9-16(11)10-1-2-10/h3-7,9-10H,1-2,8H2. The number of ether oxygens (including phenoxy) is 1. The van der Waals surface area contributed by atoms with Gasteiger partial charge in [-0.05, 0) is 37.1 Å². The van der Waals surface area contributed by atoms with E-state index >= 15 is 0 Å². The smallest absolute Gasteiger partial charge is 0.261 e. The number of hydrogen-bond donors (Lipinski definition) is 0. The highest BCUT2D eigenvalue weighted by molar-refractivity contribution is 8.13. The third kappa shape index (κ3) is 2.96. The molecule has 0 aliphatic heterocycles. The average molecular weight is 313 g/mol. The number of benzene rings is 1. The monoisotopic (exact) mass is 312 g/mol. The summed E-state index contributed by atoms with van der Waals surface area (Å²) in [5.74, 6) is 0.595. The summed E-state index contributed by atoms with van der Waals surface area (Å²) in [7, 11) is 1.57. The van der Waals surface area contributed by atoms with Gasteiger partial charge in [0.15, 0.2) is 0 Å². The van der Waals surface area contributed by atoms with Gasteiger partial charge in [-0.2, -0.15) is 0 Å². The zero-order valence-corrected chi connectivity index (χ0v) is 12.1. The van der Waals surface area contributed by atoms with Crippen molar-refractivity contribution in [1.82, 2.24) is 9.55 Å². The predicted octanol–water partition coefficient (Wildman–Crippen LogP) is 2.72. The van der Waals surface area contributed by atoms with Crippen molar-refractivity contribution in [2.45, 2.75) is 30.4 Å². The third-order valence-corrected chi connectivity index (χ3v) is 4.55. The van der Waals surface area contributed by atoms with Crippen LogP contribution in [0.2, 0.25) is 0 Å². The van der Waals surface area contributed by atoms with Crippen molar-refractivity contribution < 1.29 is 13.2 Å². The molecule has 0 N–H and O–H groups in total. The zero-order valence-electron chi connectivity index (χ0n) is 10.6. The van der Waals surface area contributed by atoms with Crippen LogP contribution in [0, 0.1) is 0 Å². The fourth-order valence-corrected chi connectivity index (χ4v) is 2.75. The fraction of sp³-hybridized carbons (Fsp3) is 0.308. The van der Waals surface area contributed by atoms with E-state index in [4.69, 9.17) is 15.4 Å². The minimum absolute atomic E-state index is 0.0644. The van der Waals surface area contributed by atoms with E-state index in [0.29, 0.717) is 18.4 Å². The van der Waals surface area contributed by atoms with Gasteiger partial charge >= 0.3 is 0 Å². The molecular formula is C13H13ClN2O3S. The van der Waals surface area contributed by atoms with Gasteiger partial charge in [-0.3, -0.25) is 0 Å². The first-order chi connectivity index (χ1) is 9.54. The molecule has 0 unspecified atom stereocenters. The highest BCUT2D eigenvalue weighted by Crippen LogP contribution is 2.35. The maximum absolute atomic E-state index is 11.1. The molecule has 2 aromatic rings. The molecular weight excluding hydrogens is 300 g/mol. The summed E-state index contributed by atoms with van der Waals surface area (Å²) >= 11 is 0. The molecule has 1 saturated carbocycles. The number of imidazole rings is 1. The molecule has 106 valence electrons.